The van der Waals surface area contributed by atoms with Crippen molar-refractivity contribution < 1.29 is 23.3 Å². The molecular weight excluding hydrogens is 439 g/mol. The summed E-state index contributed by atoms with van der Waals surface area (Å²) in [5, 5.41) is 0. The second-order valence-electron chi connectivity index (χ2n) is 10.0. The number of halogens is 1. The maximum absolute atomic E-state index is 14.4. The summed E-state index contributed by atoms with van der Waals surface area (Å²) in [7, 11) is 0. The van der Waals surface area contributed by atoms with Gasteiger partial charge in [-0.3, -0.25) is 4.90 Å². The third-order valence-corrected chi connectivity index (χ3v) is 6.61. The van der Waals surface area contributed by atoms with Gasteiger partial charge in [0, 0.05) is 63.4 Å². The van der Waals surface area contributed by atoms with Crippen molar-refractivity contribution in [3.63, 3.8) is 0 Å². The predicted molar refractivity (Wildman–Crippen MR) is 126 cm³/mol. The van der Waals surface area contributed by atoms with Gasteiger partial charge in [0.05, 0.1) is 36.9 Å². The van der Waals surface area contributed by atoms with E-state index in [1.807, 2.05) is 27.7 Å². The van der Waals surface area contributed by atoms with Crippen LogP contribution in [0.4, 0.5) is 15.8 Å². The number of fused-ring (bicyclic) bond motifs is 3. The number of hydrogen-bond acceptors (Lipinski definition) is 8. The van der Waals surface area contributed by atoms with Crippen LogP contribution in [0.25, 0.3) is 0 Å². The second-order valence-corrected chi connectivity index (χ2v) is 10.0. The first kappa shape index (κ1) is 23.3. The Bertz CT molecular complexity index is 1080. The SMILES string of the molecule is CC1(C)OCc2nc(CN3CCN(c4ccc(N)cc4F)CC3)c3c(c2CO1)COC(C)(C)O3. The first-order chi connectivity index (χ1) is 16.1. The molecule has 8 nitrogen and oxygen atoms in total. The van der Waals surface area contributed by atoms with Crippen LogP contribution in [-0.2, 0) is 40.6 Å². The van der Waals surface area contributed by atoms with Gasteiger partial charge in [-0.25, -0.2) is 9.37 Å². The van der Waals surface area contributed by atoms with Crippen LogP contribution < -0.4 is 15.4 Å². The standard InChI is InChI=1S/C25H33FN4O4/c1-24(2)31-13-17-18-14-32-25(3,4)34-23(18)20(28-21(17)15-33-24)12-29-7-9-30(10-8-29)22-6-5-16(27)11-19(22)26/h5-6,11H,7-10,12-15,27H2,1-4H3. The van der Waals surface area contributed by atoms with Crippen LogP contribution in [-0.4, -0.2) is 47.6 Å². The molecule has 1 saturated heterocycles. The van der Waals surface area contributed by atoms with Gasteiger partial charge in [0.15, 0.2) is 11.5 Å². The molecule has 0 aliphatic carbocycles. The minimum Gasteiger partial charge on any atom is -0.461 e. The van der Waals surface area contributed by atoms with Crippen molar-refractivity contribution in [1.82, 2.24) is 9.88 Å². The number of aromatic nitrogens is 1. The molecule has 1 aromatic heterocycles. The highest BCUT2D eigenvalue weighted by Crippen LogP contribution is 2.39. The summed E-state index contributed by atoms with van der Waals surface area (Å²) >= 11 is 0. The van der Waals surface area contributed by atoms with E-state index in [1.54, 1.807) is 12.1 Å². The summed E-state index contributed by atoms with van der Waals surface area (Å²) in [4.78, 5) is 9.38. The molecule has 0 amide bonds. The van der Waals surface area contributed by atoms with Gasteiger partial charge in [0.2, 0.25) is 5.79 Å². The molecule has 34 heavy (non-hydrogen) atoms. The molecule has 5 rings (SSSR count). The Morgan fingerprint density at radius 2 is 1.62 bits per heavy atom. The maximum atomic E-state index is 14.4. The lowest BCUT2D eigenvalue weighted by molar-refractivity contribution is -0.220. The van der Waals surface area contributed by atoms with Crippen LogP contribution in [0.15, 0.2) is 18.2 Å². The molecule has 0 saturated carbocycles. The van der Waals surface area contributed by atoms with E-state index in [1.165, 1.54) is 6.07 Å². The van der Waals surface area contributed by atoms with Crippen molar-refractivity contribution in [3.05, 3.63) is 46.5 Å². The van der Waals surface area contributed by atoms with E-state index in [0.29, 0.717) is 50.8 Å². The number of nitrogens with two attached hydrogens (primary N) is 1. The average molecular weight is 473 g/mol. The summed E-state index contributed by atoms with van der Waals surface area (Å²) in [6.07, 6.45) is 0. The van der Waals surface area contributed by atoms with Gasteiger partial charge in [-0.2, -0.15) is 0 Å². The summed E-state index contributed by atoms with van der Waals surface area (Å²) < 4.78 is 38.6. The fourth-order valence-corrected chi connectivity index (χ4v) is 4.63. The van der Waals surface area contributed by atoms with Crippen molar-refractivity contribution in [2.45, 2.75) is 65.6 Å². The molecular formula is C25H33FN4O4. The zero-order valence-corrected chi connectivity index (χ0v) is 20.3. The minimum absolute atomic E-state index is 0.282. The third-order valence-electron chi connectivity index (χ3n) is 6.61. The lowest BCUT2D eigenvalue weighted by Gasteiger charge is -2.38. The smallest absolute Gasteiger partial charge is 0.205 e. The molecule has 0 unspecified atom stereocenters. The van der Waals surface area contributed by atoms with Crippen molar-refractivity contribution in [2.24, 2.45) is 0 Å². The number of piperazine rings is 1. The number of anilines is 2. The molecule has 3 aliphatic rings. The van der Waals surface area contributed by atoms with Crippen molar-refractivity contribution >= 4 is 11.4 Å². The molecule has 0 spiro atoms. The normalized spacial score (nSPS) is 21.9. The summed E-state index contributed by atoms with van der Waals surface area (Å²) in [6.45, 7) is 12.5. The molecule has 0 radical (unpaired) electrons. The number of ether oxygens (including phenoxy) is 4. The van der Waals surface area contributed by atoms with Gasteiger partial charge in [0.1, 0.15) is 5.82 Å². The second kappa shape index (κ2) is 8.64. The van der Waals surface area contributed by atoms with E-state index < -0.39 is 11.6 Å². The fraction of sp³-hybridized carbons (Fsp3) is 0.560. The number of rotatable bonds is 3. The topological polar surface area (TPSA) is 82.3 Å². The molecule has 9 heteroatoms. The first-order valence-corrected chi connectivity index (χ1v) is 11.8. The van der Waals surface area contributed by atoms with Gasteiger partial charge < -0.3 is 29.6 Å². The zero-order chi connectivity index (χ0) is 24.1. The van der Waals surface area contributed by atoms with Crippen LogP contribution in [0, 0.1) is 5.82 Å². The van der Waals surface area contributed by atoms with E-state index in [-0.39, 0.29) is 5.82 Å². The largest absolute Gasteiger partial charge is 0.461 e. The van der Waals surface area contributed by atoms with Crippen LogP contribution in [0.5, 0.6) is 5.75 Å². The highest BCUT2D eigenvalue weighted by atomic mass is 19.1. The molecule has 1 aromatic carbocycles. The van der Waals surface area contributed by atoms with Gasteiger partial charge in [0.25, 0.3) is 0 Å². The van der Waals surface area contributed by atoms with Crippen LogP contribution in [0.2, 0.25) is 0 Å². The Hall–Kier alpha value is -2.46. The quantitative estimate of drug-likeness (QED) is 0.680. The molecule has 0 atom stereocenters. The molecule has 3 aliphatic heterocycles. The van der Waals surface area contributed by atoms with Crippen molar-refractivity contribution in [1.29, 1.82) is 0 Å². The summed E-state index contributed by atoms with van der Waals surface area (Å²) in [5.41, 5.74) is 10.5. The van der Waals surface area contributed by atoms with Crippen LogP contribution >= 0.6 is 0 Å². The minimum atomic E-state index is -0.732. The molecule has 0 bridgehead atoms. The summed E-state index contributed by atoms with van der Waals surface area (Å²) in [6, 6.07) is 4.87. The Morgan fingerprint density at radius 3 is 2.35 bits per heavy atom. The molecule has 184 valence electrons. The van der Waals surface area contributed by atoms with Crippen LogP contribution in [0.1, 0.15) is 50.2 Å². The monoisotopic (exact) mass is 472 g/mol. The Labute approximate surface area is 199 Å². The zero-order valence-electron chi connectivity index (χ0n) is 20.3. The summed E-state index contributed by atoms with van der Waals surface area (Å²) in [5.74, 6) is -0.914. The van der Waals surface area contributed by atoms with E-state index >= 15 is 0 Å². The number of hydrogen-bond donors (Lipinski definition) is 1. The lowest BCUT2D eigenvalue weighted by Crippen LogP contribution is -2.46. The number of benzene rings is 1. The number of nitrogens with zero attached hydrogens (tertiary/aromatic N) is 3. The third kappa shape index (κ3) is 4.70. The Morgan fingerprint density at radius 1 is 0.941 bits per heavy atom. The van der Waals surface area contributed by atoms with Crippen molar-refractivity contribution in [2.75, 3.05) is 36.8 Å². The van der Waals surface area contributed by atoms with E-state index in [4.69, 9.17) is 29.7 Å². The molecule has 2 aromatic rings. The molecule has 2 N–H and O–H groups in total. The Balaban J connectivity index is 1.37. The van der Waals surface area contributed by atoms with E-state index in [2.05, 4.69) is 9.80 Å². The van der Waals surface area contributed by atoms with Gasteiger partial charge in [-0.1, -0.05) is 0 Å². The molecule has 1 fully saturated rings. The number of nitrogen functional groups attached to an aromatic ring is 1. The van der Waals surface area contributed by atoms with Gasteiger partial charge in [-0.15, -0.1) is 0 Å². The first-order valence-electron chi connectivity index (χ1n) is 11.8. The van der Waals surface area contributed by atoms with E-state index in [9.17, 15) is 4.39 Å². The van der Waals surface area contributed by atoms with Gasteiger partial charge >= 0.3 is 0 Å². The van der Waals surface area contributed by atoms with Gasteiger partial charge in [-0.05, 0) is 32.0 Å². The molecule has 4 heterocycles. The maximum Gasteiger partial charge on any atom is 0.205 e. The van der Waals surface area contributed by atoms with E-state index in [0.717, 1.165) is 41.4 Å². The van der Waals surface area contributed by atoms with Crippen LogP contribution in [0.3, 0.4) is 0 Å². The average Bonchev–Trinajstić information content (AvgIpc) is 2.92. The Kier molecular flexibility index (Phi) is 5.92. The highest BCUT2D eigenvalue weighted by Gasteiger charge is 2.36. The predicted octanol–water partition coefficient (Wildman–Crippen LogP) is 3.55. The number of pyridine rings is 1. The highest BCUT2D eigenvalue weighted by molar-refractivity contribution is 5.55. The van der Waals surface area contributed by atoms with Crippen molar-refractivity contribution in [3.8, 4) is 5.75 Å². The fourth-order valence-electron chi connectivity index (χ4n) is 4.63. The lowest BCUT2D eigenvalue weighted by atomic mass is 10.0.